The quantitative estimate of drug-likeness (QED) is 0.593. The average Bonchev–Trinajstić information content (AvgIpc) is 3.23. The van der Waals surface area contributed by atoms with Crippen LogP contribution in [0.5, 0.6) is 0 Å². The zero-order chi connectivity index (χ0) is 26.1. The largest absolute Gasteiger partial charge is 0.549 e. The van der Waals surface area contributed by atoms with Gasteiger partial charge in [0.1, 0.15) is 11.9 Å². The van der Waals surface area contributed by atoms with Crippen molar-refractivity contribution in [3.8, 4) is 0 Å². The standard InChI is InChI=1S/C25H42B3NO6/c1-19(2)20(3,4)31-26(30-19)25(27-32-21(5,6)22(7,8)33-27)17-18-15-13-14-16-29(18)28(25)34-23(9,10)24(11,12)35-28/h13-16H,17H2,1-12H3. The van der Waals surface area contributed by atoms with E-state index in [9.17, 15) is 0 Å². The summed E-state index contributed by atoms with van der Waals surface area (Å²) < 4.78 is 43.7. The fourth-order valence-electron chi connectivity index (χ4n) is 5.86. The Morgan fingerprint density at radius 3 is 1.43 bits per heavy atom. The number of rotatable bonds is 2. The first-order valence-corrected chi connectivity index (χ1v) is 13.0. The molecule has 5 heterocycles. The van der Waals surface area contributed by atoms with Gasteiger partial charge < -0.3 is 32.4 Å². The summed E-state index contributed by atoms with van der Waals surface area (Å²) >= 11 is 0. The van der Waals surface area contributed by atoms with Gasteiger partial charge in [0.15, 0.2) is 0 Å². The Kier molecular flexibility index (Phi) is 5.11. The van der Waals surface area contributed by atoms with Gasteiger partial charge in [-0.05, 0) is 89.2 Å². The Hall–Kier alpha value is -0.895. The minimum absolute atomic E-state index is 0.547. The van der Waals surface area contributed by atoms with E-state index in [0.717, 1.165) is 5.69 Å². The molecule has 0 aliphatic carbocycles. The topological polar surface area (TPSA) is 59.3 Å². The van der Waals surface area contributed by atoms with E-state index >= 15 is 0 Å². The van der Waals surface area contributed by atoms with Gasteiger partial charge in [-0.25, -0.2) is 0 Å². The van der Waals surface area contributed by atoms with E-state index in [2.05, 4.69) is 93.6 Å². The van der Waals surface area contributed by atoms with E-state index in [1.807, 2.05) is 18.3 Å². The summed E-state index contributed by atoms with van der Waals surface area (Å²) in [4.78, 5) is 0. The van der Waals surface area contributed by atoms with Crippen LogP contribution >= 0.6 is 0 Å². The molecule has 1 aromatic heterocycles. The highest BCUT2D eigenvalue weighted by Crippen LogP contribution is 2.62. The Balaban J connectivity index is 1.78. The normalized spacial score (nSPS) is 31.8. The highest BCUT2D eigenvalue weighted by atomic mass is 16.7. The van der Waals surface area contributed by atoms with Crippen LogP contribution in [0.15, 0.2) is 24.4 Å². The van der Waals surface area contributed by atoms with E-state index in [1.54, 1.807) is 0 Å². The van der Waals surface area contributed by atoms with Crippen molar-refractivity contribution in [2.75, 3.05) is 0 Å². The van der Waals surface area contributed by atoms with Crippen molar-refractivity contribution in [3.05, 3.63) is 30.1 Å². The molecule has 1 spiro atoms. The number of pyridine rings is 1. The van der Waals surface area contributed by atoms with E-state index in [0.29, 0.717) is 6.42 Å². The summed E-state index contributed by atoms with van der Waals surface area (Å²) in [5.74, 6) is 0. The van der Waals surface area contributed by atoms with E-state index < -0.39 is 59.6 Å². The van der Waals surface area contributed by atoms with Gasteiger partial charge in [-0.2, -0.15) is 0 Å². The molecule has 0 unspecified atom stereocenters. The number of fused-ring (bicyclic) bond motifs is 2. The van der Waals surface area contributed by atoms with E-state index in [-0.39, 0.29) is 0 Å². The van der Waals surface area contributed by atoms with Crippen LogP contribution in [-0.4, -0.2) is 54.5 Å². The zero-order valence-corrected chi connectivity index (χ0v) is 23.6. The van der Waals surface area contributed by atoms with Crippen LogP contribution in [0.25, 0.3) is 0 Å². The van der Waals surface area contributed by atoms with Crippen molar-refractivity contribution in [3.63, 3.8) is 0 Å². The smallest absolute Gasteiger partial charge is 0.499 e. The first-order chi connectivity index (χ1) is 15.7. The second-order valence-corrected chi connectivity index (χ2v) is 14.0. The van der Waals surface area contributed by atoms with Crippen LogP contribution in [-0.2, 0) is 34.3 Å². The summed E-state index contributed by atoms with van der Waals surface area (Å²) in [5, 5.41) is -0.935. The van der Waals surface area contributed by atoms with Crippen molar-refractivity contribution in [2.45, 2.75) is 128 Å². The Morgan fingerprint density at radius 2 is 1.03 bits per heavy atom. The molecule has 0 atom stereocenters. The predicted molar refractivity (Wildman–Crippen MR) is 137 cm³/mol. The molecule has 0 saturated carbocycles. The number of hydrogen-bond donors (Lipinski definition) is 0. The van der Waals surface area contributed by atoms with E-state index in [4.69, 9.17) is 27.9 Å². The Labute approximate surface area is 211 Å². The molecule has 0 N–H and O–H groups in total. The fraction of sp³-hybridized carbons (Fsp3) is 0.800. The lowest BCUT2D eigenvalue weighted by atomic mass is 9.20. The minimum Gasteiger partial charge on any atom is -0.499 e. The third kappa shape index (κ3) is 3.13. The SMILES string of the molecule is CC1(C)OB(C2(B3OC(C)(C)C(C)(C)O3)Cc3cccc[n+]3[B-]23OC(C)(C)C(C)(C)O3)OC1(C)C. The molecule has 4 aliphatic rings. The first kappa shape index (κ1) is 25.7. The maximum absolute atomic E-state index is 7.14. The molecule has 0 radical (unpaired) electrons. The summed E-state index contributed by atoms with van der Waals surface area (Å²) in [6.45, 7) is 22.7. The second kappa shape index (κ2) is 6.94. The van der Waals surface area contributed by atoms with Gasteiger partial charge in [-0.3, -0.25) is 0 Å². The molecule has 1 aromatic rings. The Morgan fingerprint density at radius 1 is 0.629 bits per heavy atom. The lowest BCUT2D eigenvalue weighted by molar-refractivity contribution is -0.576. The zero-order valence-electron chi connectivity index (χ0n) is 23.6. The van der Waals surface area contributed by atoms with Crippen molar-refractivity contribution in [1.82, 2.24) is 0 Å². The third-order valence-electron chi connectivity index (χ3n) is 10.3. The number of hydrogen-bond acceptors (Lipinski definition) is 6. The molecular weight excluding hydrogens is 443 g/mol. The minimum atomic E-state index is -2.24. The van der Waals surface area contributed by atoms with Gasteiger partial charge >= 0.3 is 20.9 Å². The molecule has 0 bridgehead atoms. The van der Waals surface area contributed by atoms with Crippen molar-refractivity contribution in [2.24, 2.45) is 0 Å². The summed E-state index contributed by atoms with van der Waals surface area (Å²) in [6, 6.07) is 6.18. The monoisotopic (exact) mass is 485 g/mol. The van der Waals surface area contributed by atoms with Crippen LogP contribution in [0, 0.1) is 0 Å². The van der Waals surface area contributed by atoms with Crippen LogP contribution < -0.4 is 4.48 Å². The molecule has 0 aromatic carbocycles. The molecule has 3 saturated heterocycles. The van der Waals surface area contributed by atoms with Crippen LogP contribution in [0.2, 0.25) is 5.11 Å². The van der Waals surface area contributed by atoms with Gasteiger partial charge in [0, 0.05) is 23.7 Å². The third-order valence-corrected chi connectivity index (χ3v) is 10.3. The fourth-order valence-corrected chi connectivity index (χ4v) is 5.86. The molecule has 35 heavy (non-hydrogen) atoms. The van der Waals surface area contributed by atoms with Gasteiger partial charge in [-0.15, -0.1) is 0 Å². The molecule has 192 valence electrons. The summed E-state index contributed by atoms with van der Waals surface area (Å²) in [5.41, 5.74) is -2.29. The lowest BCUT2D eigenvalue weighted by Crippen LogP contribution is -2.76. The number of nitrogens with zero attached hydrogens (tertiary/aromatic N) is 1. The molecule has 4 aliphatic heterocycles. The van der Waals surface area contributed by atoms with Gasteiger partial charge in [0.05, 0.1) is 27.5 Å². The van der Waals surface area contributed by atoms with Crippen LogP contribution in [0.1, 0.15) is 88.8 Å². The van der Waals surface area contributed by atoms with Crippen LogP contribution in [0.4, 0.5) is 0 Å². The molecule has 10 heteroatoms. The maximum Gasteiger partial charge on any atom is 0.549 e. The van der Waals surface area contributed by atoms with Crippen molar-refractivity contribution >= 4 is 20.9 Å². The average molecular weight is 485 g/mol. The summed E-state index contributed by atoms with van der Waals surface area (Å²) in [6.07, 6.45) is 2.61. The molecule has 3 fully saturated rings. The predicted octanol–water partition coefficient (Wildman–Crippen LogP) is 3.92. The van der Waals surface area contributed by atoms with Gasteiger partial charge in [-0.1, -0.05) is 6.07 Å². The maximum atomic E-state index is 7.14. The first-order valence-electron chi connectivity index (χ1n) is 13.0. The number of aromatic nitrogens is 1. The molecule has 7 nitrogen and oxygen atoms in total. The van der Waals surface area contributed by atoms with Crippen molar-refractivity contribution < 1.29 is 32.4 Å². The molecule has 0 amide bonds. The van der Waals surface area contributed by atoms with Gasteiger partial charge in [0.25, 0.3) is 0 Å². The highest BCUT2D eigenvalue weighted by molar-refractivity contribution is 6.94. The summed E-state index contributed by atoms with van der Waals surface area (Å²) in [7, 11) is -1.38. The second-order valence-electron chi connectivity index (χ2n) is 14.0. The van der Waals surface area contributed by atoms with Crippen molar-refractivity contribution in [1.29, 1.82) is 0 Å². The van der Waals surface area contributed by atoms with E-state index in [1.165, 1.54) is 0 Å². The van der Waals surface area contributed by atoms with Crippen LogP contribution in [0.3, 0.4) is 0 Å². The molecular formula is C25H42B3NO6. The van der Waals surface area contributed by atoms with Gasteiger partial charge in [0.2, 0.25) is 0 Å². The Bertz CT molecular complexity index is 969. The molecule has 5 rings (SSSR count). The lowest BCUT2D eigenvalue weighted by Gasteiger charge is -2.43. The highest BCUT2D eigenvalue weighted by Gasteiger charge is 2.85.